The molecule has 1 unspecified atom stereocenters. The average Bonchev–Trinajstić information content (AvgIpc) is 3.07. The fourth-order valence-electron chi connectivity index (χ4n) is 3.46. The molecule has 11 heteroatoms. The van der Waals surface area contributed by atoms with Crippen molar-refractivity contribution in [3.8, 4) is 5.75 Å². The number of nitrogens with zero attached hydrogens (tertiary/aromatic N) is 3. The summed E-state index contributed by atoms with van der Waals surface area (Å²) in [5.74, 6) is 0.00604. The van der Waals surface area contributed by atoms with Crippen LogP contribution in [0.3, 0.4) is 0 Å². The van der Waals surface area contributed by atoms with Gasteiger partial charge >= 0.3 is 0 Å². The van der Waals surface area contributed by atoms with E-state index in [-0.39, 0.29) is 23.3 Å². The number of carbonyl (C=O) groups is 1. The van der Waals surface area contributed by atoms with Crippen molar-refractivity contribution in [2.24, 2.45) is 10.7 Å². The first-order chi connectivity index (χ1) is 13.5. The maximum Gasteiger partial charge on any atom is 0.297 e. The molecular formula is C18H21N5O5S. The van der Waals surface area contributed by atoms with Gasteiger partial charge in [0.05, 0.1) is 12.4 Å². The highest BCUT2D eigenvalue weighted by molar-refractivity contribution is 7.93. The molecule has 4 rings (SSSR count). The minimum Gasteiger partial charge on any atom is -0.493 e. The number of hydrogen-bond acceptors (Lipinski definition) is 9. The van der Waals surface area contributed by atoms with E-state index in [0.29, 0.717) is 30.0 Å². The summed E-state index contributed by atoms with van der Waals surface area (Å²) >= 11 is 0. The number of sulfone groups is 1. The Labute approximate surface area is 167 Å². The zero-order valence-corrected chi connectivity index (χ0v) is 17.0. The first kappa shape index (κ1) is 19.4. The third-order valence-corrected chi connectivity index (χ3v) is 8.02. The maximum atomic E-state index is 12.9. The molecule has 0 bridgehead atoms. The van der Waals surface area contributed by atoms with E-state index in [0.717, 1.165) is 0 Å². The lowest BCUT2D eigenvalue weighted by Crippen LogP contribution is -2.56. The number of amidine groups is 1. The molecule has 2 aromatic rings. The molecule has 1 amide bonds. The second-order valence-electron chi connectivity index (χ2n) is 7.70. The molecule has 0 saturated carbocycles. The van der Waals surface area contributed by atoms with Crippen molar-refractivity contribution in [2.75, 3.05) is 17.7 Å². The molecular weight excluding hydrogens is 398 g/mol. The Morgan fingerprint density at radius 3 is 2.72 bits per heavy atom. The molecule has 1 atom stereocenters. The van der Waals surface area contributed by atoms with Crippen LogP contribution in [0.5, 0.6) is 5.75 Å². The third kappa shape index (κ3) is 3.05. The summed E-state index contributed by atoms with van der Waals surface area (Å²) in [6.45, 7) is 5.00. The molecule has 154 valence electrons. The summed E-state index contributed by atoms with van der Waals surface area (Å²) in [4.78, 5) is 20.9. The van der Waals surface area contributed by atoms with Crippen molar-refractivity contribution in [1.82, 2.24) is 10.1 Å². The van der Waals surface area contributed by atoms with Crippen LogP contribution in [0.15, 0.2) is 27.7 Å². The Morgan fingerprint density at radius 1 is 1.31 bits per heavy atom. The number of aryl methyl sites for hydroxylation is 1. The predicted octanol–water partition coefficient (Wildman–Crippen LogP) is 1.17. The van der Waals surface area contributed by atoms with Crippen molar-refractivity contribution < 1.29 is 22.5 Å². The quantitative estimate of drug-likeness (QED) is 0.736. The molecule has 2 aliphatic heterocycles. The van der Waals surface area contributed by atoms with Gasteiger partial charge < -0.3 is 20.3 Å². The van der Waals surface area contributed by atoms with E-state index >= 15 is 0 Å². The summed E-state index contributed by atoms with van der Waals surface area (Å²) in [6.07, 6.45) is 0.359. The summed E-state index contributed by atoms with van der Waals surface area (Å²) in [5.41, 5.74) is 6.01. The summed E-state index contributed by atoms with van der Waals surface area (Å²) in [7, 11) is -3.57. The van der Waals surface area contributed by atoms with Gasteiger partial charge in [0.2, 0.25) is 5.89 Å². The van der Waals surface area contributed by atoms with E-state index in [4.69, 9.17) is 15.0 Å². The number of anilines is 1. The molecule has 1 aromatic carbocycles. The number of aliphatic imine (C=N–C) groups is 1. The Hall–Kier alpha value is -2.95. The highest BCUT2D eigenvalue weighted by atomic mass is 32.2. The summed E-state index contributed by atoms with van der Waals surface area (Å²) < 4.78 is 35.2. The van der Waals surface area contributed by atoms with Crippen LogP contribution < -0.4 is 15.8 Å². The monoisotopic (exact) mass is 419 g/mol. The number of aromatic nitrogens is 2. The summed E-state index contributed by atoms with van der Waals surface area (Å²) in [5, 5.41) is 6.27. The van der Waals surface area contributed by atoms with Crippen LogP contribution in [0.1, 0.15) is 42.3 Å². The van der Waals surface area contributed by atoms with Gasteiger partial charge in [0, 0.05) is 24.6 Å². The van der Waals surface area contributed by atoms with E-state index in [2.05, 4.69) is 20.4 Å². The zero-order chi connectivity index (χ0) is 21.0. The van der Waals surface area contributed by atoms with E-state index in [1.807, 2.05) is 0 Å². The van der Waals surface area contributed by atoms with Crippen molar-refractivity contribution in [1.29, 1.82) is 0 Å². The number of benzene rings is 1. The molecule has 3 N–H and O–H groups in total. The fourth-order valence-corrected chi connectivity index (χ4v) is 5.18. The fraction of sp³-hybridized carbons (Fsp3) is 0.444. The Bertz CT molecular complexity index is 1140. The van der Waals surface area contributed by atoms with Gasteiger partial charge in [-0.15, -0.1) is 0 Å². The number of nitrogens with one attached hydrogen (secondary N) is 1. The van der Waals surface area contributed by atoms with E-state index in [1.54, 1.807) is 39.0 Å². The number of amides is 1. The second-order valence-corrected chi connectivity index (χ2v) is 10.2. The van der Waals surface area contributed by atoms with E-state index < -0.39 is 26.0 Å². The molecule has 0 aliphatic carbocycles. The number of fused-ring (bicyclic) bond motifs is 2. The van der Waals surface area contributed by atoms with E-state index in [9.17, 15) is 13.2 Å². The highest BCUT2D eigenvalue weighted by Crippen LogP contribution is 2.46. The lowest BCUT2D eigenvalue weighted by atomic mass is 9.85. The molecule has 1 spiro atoms. The summed E-state index contributed by atoms with van der Waals surface area (Å²) in [6, 6.07) is 4.98. The SMILES string of the molecule is Cc1nc(C(=O)Nc2ccc3c(c2)C2(CCO3)CS(=O)(=O)C(C)(C)C(N)=N2)no1. The first-order valence-electron chi connectivity index (χ1n) is 9.01. The average molecular weight is 419 g/mol. The minimum absolute atomic E-state index is 0.0633. The number of rotatable bonds is 2. The van der Waals surface area contributed by atoms with E-state index in [1.165, 1.54) is 0 Å². The molecule has 10 nitrogen and oxygen atoms in total. The Balaban J connectivity index is 1.75. The lowest BCUT2D eigenvalue weighted by Gasteiger charge is -2.42. The molecule has 29 heavy (non-hydrogen) atoms. The molecule has 0 fully saturated rings. The number of carbonyl (C=O) groups excluding carboxylic acids is 1. The van der Waals surface area contributed by atoms with Crippen LogP contribution in [0, 0.1) is 6.92 Å². The third-order valence-electron chi connectivity index (χ3n) is 5.40. The van der Waals surface area contributed by atoms with Gasteiger partial charge in [0.1, 0.15) is 21.9 Å². The lowest BCUT2D eigenvalue weighted by molar-refractivity contribution is 0.101. The van der Waals surface area contributed by atoms with Gasteiger partial charge in [-0.05, 0) is 32.0 Å². The normalized spacial score (nSPS) is 24.3. The largest absolute Gasteiger partial charge is 0.493 e. The molecule has 0 saturated heterocycles. The topological polar surface area (TPSA) is 150 Å². The van der Waals surface area contributed by atoms with Gasteiger partial charge in [0.25, 0.3) is 11.7 Å². The van der Waals surface area contributed by atoms with Crippen molar-refractivity contribution in [2.45, 2.75) is 37.5 Å². The molecule has 2 aliphatic rings. The van der Waals surface area contributed by atoms with Crippen LogP contribution in [-0.4, -0.2) is 47.4 Å². The number of nitrogens with two attached hydrogens (primary N) is 1. The van der Waals surface area contributed by atoms with Crippen LogP contribution in [0.4, 0.5) is 5.69 Å². The van der Waals surface area contributed by atoms with Gasteiger partial charge in [0.15, 0.2) is 9.84 Å². The Morgan fingerprint density at radius 2 is 2.07 bits per heavy atom. The molecule has 1 aromatic heterocycles. The minimum atomic E-state index is -3.57. The van der Waals surface area contributed by atoms with Crippen LogP contribution >= 0.6 is 0 Å². The van der Waals surface area contributed by atoms with Crippen molar-refractivity contribution in [3.63, 3.8) is 0 Å². The number of ether oxygens (including phenoxy) is 1. The molecule has 0 radical (unpaired) electrons. The van der Waals surface area contributed by atoms with Gasteiger partial charge in [-0.2, -0.15) is 4.98 Å². The van der Waals surface area contributed by atoms with Crippen LogP contribution in [-0.2, 0) is 15.4 Å². The number of hydrogen-bond donors (Lipinski definition) is 2. The standard InChI is InChI=1S/C18H21N5O5S/c1-10-20-14(23-28-10)15(24)21-11-4-5-13-12(8-11)18(6-7-27-13)9-29(25,26)17(2,3)16(19)22-18/h4-5,8H,6-7,9H2,1-3H3,(H2,19,22)(H,21,24). The van der Waals surface area contributed by atoms with Crippen molar-refractivity contribution >= 4 is 27.3 Å². The molecule has 3 heterocycles. The second kappa shape index (κ2) is 6.28. The van der Waals surface area contributed by atoms with Gasteiger partial charge in [-0.25, -0.2) is 8.42 Å². The zero-order valence-electron chi connectivity index (χ0n) is 16.2. The van der Waals surface area contributed by atoms with Crippen molar-refractivity contribution in [3.05, 3.63) is 35.5 Å². The Kier molecular flexibility index (Phi) is 4.19. The highest BCUT2D eigenvalue weighted by Gasteiger charge is 2.52. The predicted molar refractivity (Wildman–Crippen MR) is 105 cm³/mol. The first-order valence-corrected chi connectivity index (χ1v) is 10.7. The van der Waals surface area contributed by atoms with Gasteiger partial charge in [-0.3, -0.25) is 9.79 Å². The van der Waals surface area contributed by atoms with Crippen LogP contribution in [0.25, 0.3) is 0 Å². The smallest absolute Gasteiger partial charge is 0.297 e. The van der Waals surface area contributed by atoms with Gasteiger partial charge in [-0.1, -0.05) is 5.16 Å². The maximum absolute atomic E-state index is 12.9. The van der Waals surface area contributed by atoms with Crippen LogP contribution in [0.2, 0.25) is 0 Å².